The number of rotatable bonds is 4. The molecule has 106 valence electrons. The topological polar surface area (TPSA) is 29.3 Å². The van der Waals surface area contributed by atoms with Crippen molar-refractivity contribution in [3.63, 3.8) is 0 Å². The van der Waals surface area contributed by atoms with Crippen molar-refractivity contribution in [2.75, 3.05) is 11.9 Å². The molecule has 2 aromatic carbocycles. The number of para-hydroxylation sites is 1. The molecule has 2 rings (SSSR count). The van der Waals surface area contributed by atoms with Crippen LogP contribution in [0.1, 0.15) is 37.1 Å². The quantitative estimate of drug-likeness (QED) is 0.894. The summed E-state index contributed by atoms with van der Waals surface area (Å²) in [6.45, 7) is 4.18. The van der Waals surface area contributed by atoms with Crippen molar-refractivity contribution in [1.29, 1.82) is 0 Å². The maximum absolute atomic E-state index is 6.08. The number of anilines is 1. The molecule has 0 bridgehead atoms. The minimum absolute atomic E-state index is 0.0141. The van der Waals surface area contributed by atoms with Gasteiger partial charge in [-0.15, -0.1) is 0 Å². The molecule has 3 heteroatoms. The van der Waals surface area contributed by atoms with Crippen molar-refractivity contribution in [3.8, 4) is 0 Å². The van der Waals surface area contributed by atoms with Crippen LogP contribution in [-0.4, -0.2) is 7.05 Å². The first-order valence-corrected chi connectivity index (χ1v) is 7.21. The number of hydrogen-bond donors (Lipinski definition) is 1. The van der Waals surface area contributed by atoms with Crippen LogP contribution >= 0.6 is 11.6 Å². The molecule has 0 heterocycles. The van der Waals surface area contributed by atoms with Crippen molar-refractivity contribution in [2.45, 2.75) is 25.9 Å². The minimum Gasteiger partial charge on any atom is -0.368 e. The zero-order chi connectivity index (χ0) is 14.7. The van der Waals surface area contributed by atoms with Crippen molar-refractivity contribution < 1.29 is 0 Å². The molecule has 2 nitrogen and oxygen atoms in total. The summed E-state index contributed by atoms with van der Waals surface area (Å²) in [6.07, 6.45) is 0. The van der Waals surface area contributed by atoms with E-state index in [1.54, 1.807) is 0 Å². The lowest BCUT2D eigenvalue weighted by atomic mass is 10.0. The summed E-state index contributed by atoms with van der Waals surface area (Å²) in [5.41, 5.74) is 9.58. The average Bonchev–Trinajstić information content (AvgIpc) is 2.45. The molecule has 0 saturated carbocycles. The normalized spacial score (nSPS) is 13.8. The van der Waals surface area contributed by atoms with Gasteiger partial charge in [-0.1, -0.05) is 41.9 Å². The molecule has 2 N–H and O–H groups in total. The first-order chi connectivity index (χ1) is 9.50. The van der Waals surface area contributed by atoms with Gasteiger partial charge in [-0.05, 0) is 43.2 Å². The van der Waals surface area contributed by atoms with Crippen LogP contribution in [0.5, 0.6) is 0 Å². The second-order valence-electron chi connectivity index (χ2n) is 5.19. The highest BCUT2D eigenvalue weighted by molar-refractivity contribution is 6.30. The fraction of sp³-hybridized carbons (Fsp3) is 0.294. The van der Waals surface area contributed by atoms with Gasteiger partial charge in [0.1, 0.15) is 0 Å². The van der Waals surface area contributed by atoms with Gasteiger partial charge in [0.05, 0.1) is 6.04 Å². The third-order valence-electron chi connectivity index (χ3n) is 3.72. The Kier molecular flexibility index (Phi) is 4.69. The number of halogens is 1. The predicted octanol–water partition coefficient (Wildman–Crippen LogP) is 4.56. The van der Waals surface area contributed by atoms with Gasteiger partial charge in [0, 0.05) is 23.8 Å². The second kappa shape index (κ2) is 6.29. The molecule has 0 aliphatic rings. The molecule has 0 amide bonds. The highest BCUT2D eigenvalue weighted by Gasteiger charge is 2.16. The number of nitrogens with zero attached hydrogens (tertiary/aromatic N) is 1. The van der Waals surface area contributed by atoms with Gasteiger partial charge in [-0.25, -0.2) is 0 Å². The van der Waals surface area contributed by atoms with Crippen molar-refractivity contribution in [2.24, 2.45) is 5.73 Å². The Balaban J connectivity index is 2.34. The zero-order valence-corrected chi connectivity index (χ0v) is 12.9. The summed E-state index contributed by atoms with van der Waals surface area (Å²) >= 11 is 6.08. The van der Waals surface area contributed by atoms with E-state index < -0.39 is 0 Å². The van der Waals surface area contributed by atoms with Crippen molar-refractivity contribution in [3.05, 3.63) is 64.7 Å². The zero-order valence-electron chi connectivity index (χ0n) is 12.2. The monoisotopic (exact) mass is 288 g/mol. The third kappa shape index (κ3) is 3.14. The van der Waals surface area contributed by atoms with Crippen LogP contribution in [0.15, 0.2) is 48.5 Å². The Morgan fingerprint density at radius 3 is 2.40 bits per heavy atom. The second-order valence-corrected chi connectivity index (χ2v) is 5.63. The predicted molar refractivity (Wildman–Crippen MR) is 87.3 cm³/mol. The summed E-state index contributed by atoms with van der Waals surface area (Å²) in [6, 6.07) is 16.5. The van der Waals surface area contributed by atoms with E-state index in [0.717, 1.165) is 16.3 Å². The Morgan fingerprint density at radius 2 is 1.75 bits per heavy atom. The van der Waals surface area contributed by atoms with Gasteiger partial charge in [0.2, 0.25) is 0 Å². The molecule has 2 atom stereocenters. The van der Waals surface area contributed by atoms with Crippen LogP contribution in [-0.2, 0) is 0 Å². The fourth-order valence-corrected chi connectivity index (χ4v) is 2.59. The Bertz CT molecular complexity index is 581. The van der Waals surface area contributed by atoms with E-state index in [4.69, 9.17) is 17.3 Å². The average molecular weight is 289 g/mol. The molecule has 20 heavy (non-hydrogen) atoms. The molecule has 0 radical (unpaired) electrons. The van der Waals surface area contributed by atoms with E-state index in [2.05, 4.69) is 37.1 Å². The van der Waals surface area contributed by atoms with Crippen LogP contribution in [0.2, 0.25) is 5.02 Å². The Hall–Kier alpha value is -1.51. The standard InChI is InChI=1S/C17H21ClN2/c1-12(19)16-9-4-5-10-17(16)20(3)13(2)14-7-6-8-15(18)11-14/h4-13H,19H2,1-3H3/t12-,13?/m1/s1. The first kappa shape index (κ1) is 14.9. The molecule has 0 aliphatic carbocycles. The molecular weight excluding hydrogens is 268 g/mol. The van der Waals surface area contributed by atoms with E-state index in [9.17, 15) is 0 Å². The maximum Gasteiger partial charge on any atom is 0.0511 e. The lowest BCUT2D eigenvalue weighted by Crippen LogP contribution is -2.24. The van der Waals surface area contributed by atoms with Gasteiger partial charge >= 0.3 is 0 Å². The number of hydrogen-bond acceptors (Lipinski definition) is 2. The lowest BCUT2D eigenvalue weighted by molar-refractivity contribution is 0.723. The van der Waals surface area contributed by atoms with E-state index in [1.807, 2.05) is 37.3 Å². The maximum atomic E-state index is 6.08. The van der Waals surface area contributed by atoms with Gasteiger partial charge in [-0.2, -0.15) is 0 Å². The Morgan fingerprint density at radius 1 is 1.05 bits per heavy atom. The van der Waals surface area contributed by atoms with E-state index in [0.29, 0.717) is 0 Å². The summed E-state index contributed by atoms with van der Waals surface area (Å²) in [7, 11) is 2.09. The minimum atomic E-state index is 0.0141. The van der Waals surface area contributed by atoms with Gasteiger partial charge < -0.3 is 10.6 Å². The van der Waals surface area contributed by atoms with Crippen molar-refractivity contribution >= 4 is 17.3 Å². The van der Waals surface area contributed by atoms with E-state index in [1.165, 1.54) is 5.56 Å². The summed E-state index contributed by atoms with van der Waals surface area (Å²) in [4.78, 5) is 2.24. The van der Waals surface area contributed by atoms with Crippen LogP contribution < -0.4 is 10.6 Å². The molecule has 0 saturated heterocycles. The van der Waals surface area contributed by atoms with Gasteiger partial charge in [0.15, 0.2) is 0 Å². The molecule has 2 aromatic rings. The van der Waals surface area contributed by atoms with Gasteiger partial charge in [-0.3, -0.25) is 0 Å². The Labute approximate surface area is 126 Å². The molecular formula is C17H21ClN2. The van der Waals surface area contributed by atoms with Crippen LogP contribution in [0.3, 0.4) is 0 Å². The van der Waals surface area contributed by atoms with E-state index in [-0.39, 0.29) is 12.1 Å². The van der Waals surface area contributed by atoms with Crippen LogP contribution in [0, 0.1) is 0 Å². The number of nitrogens with two attached hydrogens (primary N) is 1. The lowest BCUT2D eigenvalue weighted by Gasteiger charge is -2.30. The highest BCUT2D eigenvalue weighted by Crippen LogP contribution is 2.31. The smallest absolute Gasteiger partial charge is 0.0511 e. The molecule has 0 aliphatic heterocycles. The first-order valence-electron chi connectivity index (χ1n) is 6.83. The largest absolute Gasteiger partial charge is 0.368 e. The molecule has 0 fully saturated rings. The molecule has 0 aromatic heterocycles. The summed E-state index contributed by atoms with van der Waals surface area (Å²) in [5, 5.41) is 0.767. The summed E-state index contributed by atoms with van der Waals surface area (Å²) in [5.74, 6) is 0. The molecule has 1 unspecified atom stereocenters. The molecule has 0 spiro atoms. The number of benzene rings is 2. The third-order valence-corrected chi connectivity index (χ3v) is 3.95. The van der Waals surface area contributed by atoms with E-state index >= 15 is 0 Å². The van der Waals surface area contributed by atoms with Crippen LogP contribution in [0.25, 0.3) is 0 Å². The fourth-order valence-electron chi connectivity index (χ4n) is 2.39. The van der Waals surface area contributed by atoms with Gasteiger partial charge in [0.25, 0.3) is 0 Å². The van der Waals surface area contributed by atoms with Crippen molar-refractivity contribution in [1.82, 2.24) is 0 Å². The SMILES string of the molecule is CC(c1cccc(Cl)c1)N(C)c1ccccc1[C@@H](C)N. The highest BCUT2D eigenvalue weighted by atomic mass is 35.5. The van der Waals surface area contributed by atoms with Crippen LogP contribution in [0.4, 0.5) is 5.69 Å². The summed E-state index contributed by atoms with van der Waals surface area (Å²) < 4.78 is 0.